The third-order valence-electron chi connectivity index (χ3n) is 3.35. The topological polar surface area (TPSA) is 57.6 Å². The summed E-state index contributed by atoms with van der Waals surface area (Å²) in [7, 11) is -3.87. The van der Waals surface area contributed by atoms with E-state index in [1.54, 1.807) is 12.1 Å². The first-order valence-electron chi connectivity index (χ1n) is 6.59. The standard InChI is InChI=1S/C13H16F3NO3S/c14-13(15,16)7-3-9-21(19,20)17-8-2-5-10-4-1-6-11(18)12(10)17/h1,4,6,18H,2-3,5,7-9H2. The second kappa shape index (κ2) is 5.75. The van der Waals surface area contributed by atoms with E-state index in [-0.39, 0.29) is 18.0 Å². The number of aryl methyl sites for hydroxylation is 1. The van der Waals surface area contributed by atoms with Crippen LogP contribution in [0.4, 0.5) is 18.9 Å². The predicted molar refractivity (Wildman–Crippen MR) is 72.8 cm³/mol. The summed E-state index contributed by atoms with van der Waals surface area (Å²) in [6.45, 7) is 0.179. The largest absolute Gasteiger partial charge is 0.506 e. The Kier molecular flexibility index (Phi) is 4.36. The van der Waals surface area contributed by atoms with Gasteiger partial charge in [-0.15, -0.1) is 0 Å². The van der Waals surface area contributed by atoms with Gasteiger partial charge in [0, 0.05) is 13.0 Å². The SMILES string of the molecule is O=S(=O)(CCCC(F)(F)F)N1CCCc2cccc(O)c21. The number of phenolic OH excluding ortho intramolecular Hbond substituents is 1. The lowest BCUT2D eigenvalue weighted by Crippen LogP contribution is -2.37. The normalized spacial score (nSPS) is 15.9. The van der Waals surface area contributed by atoms with Gasteiger partial charge in [-0.1, -0.05) is 12.1 Å². The molecule has 118 valence electrons. The van der Waals surface area contributed by atoms with Crippen LogP contribution in [0.2, 0.25) is 0 Å². The highest BCUT2D eigenvalue weighted by atomic mass is 32.2. The minimum atomic E-state index is -4.36. The molecule has 0 atom stereocenters. The molecule has 1 aromatic carbocycles. The van der Waals surface area contributed by atoms with E-state index in [1.165, 1.54) is 6.07 Å². The lowest BCUT2D eigenvalue weighted by atomic mass is 10.0. The minimum absolute atomic E-state index is 0.161. The van der Waals surface area contributed by atoms with Crippen LogP contribution in [0.25, 0.3) is 0 Å². The zero-order chi connectivity index (χ0) is 15.7. The number of fused-ring (bicyclic) bond motifs is 1. The Bertz CT molecular complexity index is 614. The van der Waals surface area contributed by atoms with E-state index in [1.807, 2.05) is 0 Å². The van der Waals surface area contributed by atoms with Crippen LogP contribution < -0.4 is 4.31 Å². The summed E-state index contributed by atoms with van der Waals surface area (Å²) < 4.78 is 61.9. The van der Waals surface area contributed by atoms with Crippen LogP contribution in [0.3, 0.4) is 0 Å². The van der Waals surface area contributed by atoms with Gasteiger partial charge in [-0.3, -0.25) is 4.31 Å². The van der Waals surface area contributed by atoms with Crippen molar-refractivity contribution < 1.29 is 26.7 Å². The Morgan fingerprint density at radius 1 is 1.29 bits per heavy atom. The molecule has 0 amide bonds. The summed E-state index contributed by atoms with van der Waals surface area (Å²) in [4.78, 5) is 0. The van der Waals surface area contributed by atoms with E-state index < -0.39 is 34.8 Å². The lowest BCUT2D eigenvalue weighted by Gasteiger charge is -2.31. The number of phenols is 1. The molecule has 4 nitrogen and oxygen atoms in total. The quantitative estimate of drug-likeness (QED) is 0.927. The van der Waals surface area contributed by atoms with E-state index in [4.69, 9.17) is 0 Å². The Morgan fingerprint density at radius 3 is 2.67 bits per heavy atom. The average Bonchev–Trinajstić information content (AvgIpc) is 2.36. The Balaban J connectivity index is 2.19. The van der Waals surface area contributed by atoms with Crippen LogP contribution in [-0.2, 0) is 16.4 Å². The Hall–Kier alpha value is -1.44. The molecule has 8 heteroatoms. The zero-order valence-corrected chi connectivity index (χ0v) is 12.0. The first kappa shape index (κ1) is 15.9. The number of sulfonamides is 1. The van der Waals surface area contributed by atoms with Gasteiger partial charge in [-0.2, -0.15) is 13.2 Å². The molecule has 0 spiro atoms. The van der Waals surface area contributed by atoms with Gasteiger partial charge in [0.25, 0.3) is 0 Å². The van der Waals surface area contributed by atoms with E-state index in [2.05, 4.69) is 0 Å². The van der Waals surface area contributed by atoms with Crippen molar-refractivity contribution in [3.05, 3.63) is 23.8 Å². The maximum atomic E-state index is 12.2. The summed E-state index contributed by atoms with van der Waals surface area (Å²) in [5.74, 6) is -0.744. The molecule has 0 bridgehead atoms. The number of aromatic hydroxyl groups is 1. The van der Waals surface area contributed by atoms with E-state index in [0.29, 0.717) is 18.4 Å². The third kappa shape index (κ3) is 3.81. The van der Waals surface area contributed by atoms with Crippen molar-refractivity contribution in [2.24, 2.45) is 0 Å². The highest BCUT2D eigenvalue weighted by molar-refractivity contribution is 7.92. The van der Waals surface area contributed by atoms with Crippen LogP contribution in [0.1, 0.15) is 24.8 Å². The molecule has 2 rings (SSSR count). The zero-order valence-electron chi connectivity index (χ0n) is 11.2. The molecule has 1 N–H and O–H groups in total. The molecular formula is C13H16F3NO3S. The fourth-order valence-corrected chi connectivity index (χ4v) is 4.06. The number of hydrogen-bond donors (Lipinski definition) is 1. The molecule has 0 fully saturated rings. The van der Waals surface area contributed by atoms with Crippen molar-refractivity contribution in [3.8, 4) is 5.75 Å². The molecule has 0 saturated heterocycles. The number of benzene rings is 1. The van der Waals surface area contributed by atoms with Gasteiger partial charge in [-0.05, 0) is 30.9 Å². The van der Waals surface area contributed by atoms with E-state index in [9.17, 15) is 26.7 Å². The molecule has 0 unspecified atom stereocenters. The van der Waals surface area contributed by atoms with E-state index >= 15 is 0 Å². The highest BCUT2D eigenvalue weighted by Gasteiger charge is 2.32. The number of nitrogens with zero attached hydrogens (tertiary/aromatic N) is 1. The third-order valence-corrected chi connectivity index (χ3v) is 5.19. The lowest BCUT2D eigenvalue weighted by molar-refractivity contribution is -0.134. The van der Waals surface area contributed by atoms with Gasteiger partial charge >= 0.3 is 6.18 Å². The van der Waals surface area contributed by atoms with Gasteiger partial charge in [-0.25, -0.2) is 8.42 Å². The molecule has 21 heavy (non-hydrogen) atoms. The predicted octanol–water partition coefficient (Wildman–Crippen LogP) is 2.82. The monoisotopic (exact) mass is 323 g/mol. The van der Waals surface area contributed by atoms with Crippen LogP contribution >= 0.6 is 0 Å². The maximum absolute atomic E-state index is 12.2. The van der Waals surface area contributed by atoms with Crippen molar-refractivity contribution in [2.75, 3.05) is 16.6 Å². The van der Waals surface area contributed by atoms with Gasteiger partial charge in [0.15, 0.2) is 0 Å². The number of rotatable bonds is 4. The number of alkyl halides is 3. The Labute approximate surface area is 121 Å². The van der Waals surface area contributed by atoms with Crippen LogP contribution in [0.5, 0.6) is 5.75 Å². The molecule has 1 heterocycles. The fourth-order valence-electron chi connectivity index (χ4n) is 2.44. The first-order valence-corrected chi connectivity index (χ1v) is 8.20. The number of hydrogen-bond acceptors (Lipinski definition) is 3. The summed E-state index contributed by atoms with van der Waals surface area (Å²) in [5, 5.41) is 9.86. The van der Waals surface area contributed by atoms with Crippen LogP contribution in [0, 0.1) is 0 Å². The summed E-state index contributed by atoms with van der Waals surface area (Å²) in [6.07, 6.45) is -4.76. The van der Waals surface area contributed by atoms with Gasteiger partial charge < -0.3 is 5.11 Å². The fraction of sp³-hybridized carbons (Fsp3) is 0.538. The average molecular weight is 323 g/mol. The molecule has 0 aliphatic carbocycles. The van der Waals surface area contributed by atoms with Gasteiger partial charge in [0.05, 0.1) is 11.4 Å². The second-order valence-electron chi connectivity index (χ2n) is 5.00. The van der Waals surface area contributed by atoms with Crippen molar-refractivity contribution in [2.45, 2.75) is 31.9 Å². The molecule has 1 aliphatic heterocycles. The molecule has 0 aromatic heterocycles. The second-order valence-corrected chi connectivity index (χ2v) is 7.01. The number of para-hydroxylation sites is 1. The van der Waals surface area contributed by atoms with Crippen molar-refractivity contribution in [1.29, 1.82) is 0 Å². The van der Waals surface area contributed by atoms with Crippen molar-refractivity contribution >= 4 is 15.7 Å². The first-order chi connectivity index (χ1) is 9.71. The van der Waals surface area contributed by atoms with E-state index in [0.717, 1.165) is 4.31 Å². The van der Waals surface area contributed by atoms with Crippen molar-refractivity contribution in [3.63, 3.8) is 0 Å². The smallest absolute Gasteiger partial charge is 0.389 e. The summed E-state index contributed by atoms with van der Waals surface area (Å²) in [5.41, 5.74) is 0.899. The molecule has 1 aromatic rings. The minimum Gasteiger partial charge on any atom is -0.506 e. The molecule has 1 aliphatic rings. The summed E-state index contributed by atoms with van der Waals surface area (Å²) in [6, 6.07) is 4.71. The summed E-state index contributed by atoms with van der Waals surface area (Å²) >= 11 is 0. The maximum Gasteiger partial charge on any atom is 0.389 e. The molecular weight excluding hydrogens is 307 g/mol. The van der Waals surface area contributed by atoms with Crippen LogP contribution in [0.15, 0.2) is 18.2 Å². The number of halogens is 3. The van der Waals surface area contributed by atoms with Crippen LogP contribution in [-0.4, -0.2) is 32.0 Å². The Morgan fingerprint density at radius 2 is 2.00 bits per heavy atom. The molecule has 0 saturated carbocycles. The molecule has 0 radical (unpaired) electrons. The number of anilines is 1. The van der Waals surface area contributed by atoms with Gasteiger partial charge in [0.1, 0.15) is 5.75 Å². The van der Waals surface area contributed by atoms with Crippen molar-refractivity contribution in [1.82, 2.24) is 0 Å². The van der Waals surface area contributed by atoms with Gasteiger partial charge in [0.2, 0.25) is 10.0 Å². The highest BCUT2D eigenvalue weighted by Crippen LogP contribution is 2.37.